The molecule has 1 aromatic heterocycles. The number of hydrogen-bond acceptors (Lipinski definition) is 4. The molecule has 0 aliphatic heterocycles. The van der Waals surface area contributed by atoms with Crippen LogP contribution in [0.25, 0.3) is 11.3 Å². The number of nitrogens with one attached hydrogen (secondary N) is 1. The first kappa shape index (κ1) is 17.9. The van der Waals surface area contributed by atoms with Crippen molar-refractivity contribution < 1.29 is 17.9 Å². The Balaban J connectivity index is 2.08. The molecule has 26 heavy (non-hydrogen) atoms. The van der Waals surface area contributed by atoms with Crippen LogP contribution in [0.1, 0.15) is 11.3 Å². The fourth-order valence-corrected chi connectivity index (χ4v) is 2.47. The number of H-pyrrole nitrogens is 1. The van der Waals surface area contributed by atoms with Gasteiger partial charge in [0.15, 0.2) is 0 Å². The van der Waals surface area contributed by atoms with Gasteiger partial charge in [0.1, 0.15) is 22.9 Å². The summed E-state index contributed by atoms with van der Waals surface area (Å²) in [7, 11) is 1.53. The molecule has 1 N–H and O–H groups in total. The maximum Gasteiger partial charge on any atom is 0.416 e. The van der Waals surface area contributed by atoms with Gasteiger partial charge in [0, 0.05) is 17.6 Å². The number of alkyl halides is 3. The van der Waals surface area contributed by atoms with E-state index >= 15 is 0 Å². The summed E-state index contributed by atoms with van der Waals surface area (Å²) in [5, 5.41) is 10.6. The molecule has 3 aromatic rings. The van der Waals surface area contributed by atoms with Gasteiger partial charge in [-0.05, 0) is 36.4 Å². The minimum atomic E-state index is -4.55. The van der Waals surface area contributed by atoms with Gasteiger partial charge in [-0.15, -0.1) is 0 Å². The minimum Gasteiger partial charge on any atom is -0.457 e. The van der Waals surface area contributed by atoms with E-state index in [1.54, 1.807) is 18.2 Å². The number of rotatable bonds is 4. The Hall–Kier alpha value is -2.87. The molecular formula is C17H12ClF3N4O. The summed E-state index contributed by atoms with van der Waals surface area (Å²) in [5.41, 5.74) is -0.118. The molecule has 134 valence electrons. The molecule has 0 unspecified atom stereocenters. The van der Waals surface area contributed by atoms with E-state index < -0.39 is 11.7 Å². The number of halogens is 4. The number of aliphatic imine (C=N–C) groups is 1. The average molecular weight is 381 g/mol. The van der Waals surface area contributed by atoms with Gasteiger partial charge in [0.2, 0.25) is 0 Å². The van der Waals surface area contributed by atoms with Crippen LogP contribution in [-0.4, -0.2) is 28.7 Å². The molecule has 0 radical (unpaired) electrons. The van der Waals surface area contributed by atoms with Crippen LogP contribution in [0.15, 0.2) is 47.5 Å². The topological polar surface area (TPSA) is 63.2 Å². The van der Waals surface area contributed by atoms with Crippen LogP contribution in [0.3, 0.4) is 0 Å². The summed E-state index contributed by atoms with van der Waals surface area (Å²) in [4.78, 5) is 3.82. The number of aromatic amines is 1. The maximum absolute atomic E-state index is 13.3. The van der Waals surface area contributed by atoms with Gasteiger partial charge < -0.3 is 4.74 Å². The first-order chi connectivity index (χ1) is 12.4. The standard InChI is InChI=1S/C17H12ClF3N4O/c1-22-9-15-16(24-25-23-15)10-5-11(17(19,20)21)7-14(6-10)26-13-4-2-3-12(18)8-13/h2-9H,1H3,(H,23,24,25). The number of hydrogen-bond donors (Lipinski definition) is 1. The molecule has 0 spiro atoms. The molecule has 0 bridgehead atoms. The molecule has 0 fully saturated rings. The molecule has 0 aliphatic carbocycles. The van der Waals surface area contributed by atoms with E-state index in [2.05, 4.69) is 20.4 Å². The average Bonchev–Trinajstić information content (AvgIpc) is 3.02. The van der Waals surface area contributed by atoms with Crippen LogP contribution in [-0.2, 0) is 6.18 Å². The second-order valence-electron chi connectivity index (χ2n) is 5.25. The summed E-state index contributed by atoms with van der Waals surface area (Å²) < 4.78 is 45.4. The molecule has 0 aliphatic rings. The molecule has 0 saturated carbocycles. The SMILES string of the molecule is CN=Cc1n[nH]nc1-c1cc(Oc2cccc(Cl)c2)cc(C(F)(F)F)c1. The number of ether oxygens (including phenoxy) is 1. The summed E-state index contributed by atoms with van der Waals surface area (Å²) in [5.74, 6) is 0.317. The minimum absolute atomic E-state index is 0.000482. The Morgan fingerprint density at radius 2 is 1.92 bits per heavy atom. The quantitative estimate of drug-likeness (QED) is 0.649. The molecule has 9 heteroatoms. The zero-order chi connectivity index (χ0) is 18.7. The molecule has 3 rings (SSSR count). The fourth-order valence-electron chi connectivity index (χ4n) is 2.29. The van der Waals surface area contributed by atoms with Crippen LogP contribution in [0.2, 0.25) is 5.02 Å². The molecule has 1 heterocycles. The van der Waals surface area contributed by atoms with E-state index in [1.165, 1.54) is 25.4 Å². The van der Waals surface area contributed by atoms with Gasteiger partial charge >= 0.3 is 6.18 Å². The van der Waals surface area contributed by atoms with E-state index in [4.69, 9.17) is 16.3 Å². The lowest BCUT2D eigenvalue weighted by atomic mass is 10.1. The van der Waals surface area contributed by atoms with E-state index in [0.717, 1.165) is 12.1 Å². The maximum atomic E-state index is 13.3. The lowest BCUT2D eigenvalue weighted by Gasteiger charge is -2.12. The van der Waals surface area contributed by atoms with Gasteiger partial charge in [-0.25, -0.2) is 0 Å². The van der Waals surface area contributed by atoms with E-state index in [0.29, 0.717) is 16.5 Å². The fraction of sp³-hybridized carbons (Fsp3) is 0.118. The monoisotopic (exact) mass is 380 g/mol. The predicted octanol–water partition coefficient (Wildman–Crippen LogP) is 4.98. The number of aromatic nitrogens is 3. The second kappa shape index (κ2) is 7.17. The van der Waals surface area contributed by atoms with Crippen LogP contribution < -0.4 is 4.74 Å². The van der Waals surface area contributed by atoms with Crippen molar-refractivity contribution in [3.05, 3.63) is 58.7 Å². The van der Waals surface area contributed by atoms with Crippen molar-refractivity contribution in [3.63, 3.8) is 0 Å². The van der Waals surface area contributed by atoms with Crippen molar-refractivity contribution in [2.75, 3.05) is 7.05 Å². The normalized spacial score (nSPS) is 11.9. The summed E-state index contributed by atoms with van der Waals surface area (Å²) in [6.07, 6.45) is -3.15. The Kier molecular flexibility index (Phi) is 4.94. The third-order valence-corrected chi connectivity index (χ3v) is 3.60. The summed E-state index contributed by atoms with van der Waals surface area (Å²) in [6, 6.07) is 9.72. The van der Waals surface area contributed by atoms with Crippen molar-refractivity contribution in [1.82, 2.24) is 15.4 Å². The van der Waals surface area contributed by atoms with Crippen molar-refractivity contribution in [1.29, 1.82) is 0 Å². The van der Waals surface area contributed by atoms with Gasteiger partial charge in [-0.1, -0.05) is 17.7 Å². The zero-order valence-electron chi connectivity index (χ0n) is 13.4. The van der Waals surface area contributed by atoms with Gasteiger partial charge in [0.05, 0.1) is 11.8 Å². The lowest BCUT2D eigenvalue weighted by Crippen LogP contribution is -2.05. The molecule has 2 aromatic carbocycles. The van der Waals surface area contributed by atoms with Crippen LogP contribution in [0, 0.1) is 0 Å². The Labute approximate surface area is 151 Å². The first-order valence-electron chi connectivity index (χ1n) is 7.36. The van der Waals surface area contributed by atoms with E-state index in [9.17, 15) is 13.2 Å². The van der Waals surface area contributed by atoms with Crippen molar-refractivity contribution >= 4 is 17.8 Å². The highest BCUT2D eigenvalue weighted by molar-refractivity contribution is 6.30. The molecular weight excluding hydrogens is 369 g/mol. The lowest BCUT2D eigenvalue weighted by molar-refractivity contribution is -0.137. The molecule has 0 saturated heterocycles. The number of nitrogens with zero attached hydrogens (tertiary/aromatic N) is 3. The van der Waals surface area contributed by atoms with Gasteiger partial charge in [-0.2, -0.15) is 28.6 Å². The third kappa shape index (κ3) is 4.02. The van der Waals surface area contributed by atoms with E-state index in [-0.39, 0.29) is 17.0 Å². The summed E-state index contributed by atoms with van der Waals surface area (Å²) in [6.45, 7) is 0. The smallest absolute Gasteiger partial charge is 0.416 e. The highest BCUT2D eigenvalue weighted by atomic mass is 35.5. The number of benzene rings is 2. The predicted molar refractivity (Wildman–Crippen MR) is 91.9 cm³/mol. The van der Waals surface area contributed by atoms with Crippen LogP contribution in [0.4, 0.5) is 13.2 Å². The Morgan fingerprint density at radius 3 is 2.62 bits per heavy atom. The van der Waals surface area contributed by atoms with Crippen molar-refractivity contribution in [2.24, 2.45) is 4.99 Å². The first-order valence-corrected chi connectivity index (χ1v) is 7.73. The summed E-state index contributed by atoms with van der Waals surface area (Å²) >= 11 is 5.89. The van der Waals surface area contributed by atoms with Crippen molar-refractivity contribution in [2.45, 2.75) is 6.18 Å². The molecule has 5 nitrogen and oxygen atoms in total. The third-order valence-electron chi connectivity index (χ3n) is 3.37. The van der Waals surface area contributed by atoms with Gasteiger partial charge in [-0.3, -0.25) is 4.99 Å². The van der Waals surface area contributed by atoms with Gasteiger partial charge in [0.25, 0.3) is 0 Å². The largest absolute Gasteiger partial charge is 0.457 e. The Bertz CT molecular complexity index is 953. The van der Waals surface area contributed by atoms with Crippen molar-refractivity contribution in [3.8, 4) is 22.8 Å². The molecule has 0 atom stereocenters. The van der Waals surface area contributed by atoms with Crippen LogP contribution >= 0.6 is 11.6 Å². The highest BCUT2D eigenvalue weighted by Gasteiger charge is 2.32. The zero-order valence-corrected chi connectivity index (χ0v) is 14.1. The second-order valence-corrected chi connectivity index (χ2v) is 5.68. The Morgan fingerprint density at radius 1 is 1.12 bits per heavy atom. The van der Waals surface area contributed by atoms with E-state index in [1.807, 2.05) is 0 Å². The van der Waals surface area contributed by atoms with Crippen LogP contribution in [0.5, 0.6) is 11.5 Å². The highest BCUT2D eigenvalue weighted by Crippen LogP contribution is 2.37. The molecule has 0 amide bonds.